The van der Waals surface area contributed by atoms with Gasteiger partial charge in [0.1, 0.15) is 15.3 Å². The molecule has 0 aliphatic heterocycles. The summed E-state index contributed by atoms with van der Waals surface area (Å²) in [6.07, 6.45) is 3.00. The highest BCUT2D eigenvalue weighted by Gasteiger charge is 2.19. The van der Waals surface area contributed by atoms with E-state index < -0.39 is 4.92 Å². The Kier molecular flexibility index (Phi) is 6.05. The Balaban J connectivity index is 1.58. The number of carbonyl (C=O) groups is 1. The molecule has 2 heterocycles. The van der Waals surface area contributed by atoms with Crippen molar-refractivity contribution in [2.24, 2.45) is 0 Å². The molecule has 0 bridgehead atoms. The van der Waals surface area contributed by atoms with Crippen LogP contribution in [0, 0.1) is 15.9 Å². The summed E-state index contributed by atoms with van der Waals surface area (Å²) >= 11 is 9.15. The lowest BCUT2D eigenvalue weighted by atomic mass is 10.2. The monoisotopic (exact) mass is 470 g/mol. The molecule has 1 amide bonds. The van der Waals surface area contributed by atoms with E-state index >= 15 is 0 Å². The molecular weight excluding hydrogens is 459 g/mol. The van der Waals surface area contributed by atoms with Gasteiger partial charge in [0.25, 0.3) is 0 Å². The molecule has 0 radical (unpaired) electrons. The molecule has 9 nitrogen and oxygen atoms in total. The predicted molar refractivity (Wildman–Crippen MR) is 103 cm³/mol. The first-order chi connectivity index (χ1) is 13.3. The van der Waals surface area contributed by atoms with Gasteiger partial charge in [-0.05, 0) is 38.5 Å². The molecule has 0 aliphatic carbocycles. The first-order valence-electron chi connectivity index (χ1n) is 7.96. The molecule has 28 heavy (non-hydrogen) atoms. The summed E-state index contributed by atoms with van der Waals surface area (Å²) in [6.45, 7) is 0.507. The molecule has 0 fully saturated rings. The van der Waals surface area contributed by atoms with Crippen LogP contribution in [0.5, 0.6) is 0 Å². The van der Waals surface area contributed by atoms with Crippen molar-refractivity contribution in [3.63, 3.8) is 0 Å². The largest absolute Gasteiger partial charge is 0.404 e. The number of carbonyl (C=O) groups excluding carboxylic acids is 1. The topological polar surface area (TPSA) is 108 Å². The maximum absolute atomic E-state index is 13.0. The summed E-state index contributed by atoms with van der Waals surface area (Å²) in [5.74, 6) is -0.822. The molecule has 0 unspecified atom stereocenters. The fraction of sp³-hybridized carbons (Fsp3) is 0.188. The molecule has 2 aromatic heterocycles. The molecule has 3 rings (SSSR count). The van der Waals surface area contributed by atoms with Gasteiger partial charge in [0.15, 0.2) is 5.82 Å². The number of hydrogen-bond donors (Lipinski definition) is 1. The Bertz CT molecular complexity index is 1020. The van der Waals surface area contributed by atoms with Crippen LogP contribution in [0.15, 0.2) is 41.1 Å². The number of nitrogens with zero attached hydrogens (tertiary/aromatic N) is 5. The average Bonchev–Trinajstić information content (AvgIpc) is 3.17. The van der Waals surface area contributed by atoms with Crippen molar-refractivity contribution in [2.75, 3.05) is 5.32 Å². The van der Waals surface area contributed by atoms with Gasteiger partial charge in [0.2, 0.25) is 5.91 Å². The van der Waals surface area contributed by atoms with Crippen LogP contribution >= 0.6 is 27.5 Å². The number of anilines is 1. The standard InChI is InChI=1S/C16H13BrClFN6O3/c17-12-8-23(22-16(12)25(27)28)6-5-14(26)20-15-13(18)9-24(21-15)7-10-1-3-11(19)4-2-10/h1-4,8-9H,5-7H2,(H,20,21,26). The van der Waals surface area contributed by atoms with Gasteiger partial charge in [0, 0.05) is 12.6 Å². The number of nitro groups is 1. The van der Waals surface area contributed by atoms with Crippen molar-refractivity contribution >= 4 is 45.1 Å². The summed E-state index contributed by atoms with van der Waals surface area (Å²) in [5, 5.41) is 21.6. The molecule has 12 heteroatoms. The van der Waals surface area contributed by atoms with Crippen LogP contribution in [0.4, 0.5) is 16.0 Å². The van der Waals surface area contributed by atoms with Crippen LogP contribution in [0.2, 0.25) is 5.02 Å². The molecule has 1 N–H and O–H groups in total. The van der Waals surface area contributed by atoms with E-state index in [1.54, 1.807) is 18.3 Å². The van der Waals surface area contributed by atoms with E-state index in [1.165, 1.54) is 27.7 Å². The average molecular weight is 472 g/mol. The number of aromatic nitrogens is 4. The number of amides is 1. The van der Waals surface area contributed by atoms with E-state index in [-0.39, 0.29) is 45.8 Å². The number of benzene rings is 1. The van der Waals surface area contributed by atoms with E-state index in [2.05, 4.69) is 31.4 Å². The van der Waals surface area contributed by atoms with Crippen molar-refractivity contribution in [1.82, 2.24) is 19.6 Å². The molecular formula is C16H13BrClFN6O3. The van der Waals surface area contributed by atoms with Gasteiger partial charge in [-0.25, -0.2) is 4.39 Å². The van der Waals surface area contributed by atoms with Gasteiger partial charge >= 0.3 is 5.82 Å². The van der Waals surface area contributed by atoms with Crippen LogP contribution in [0.25, 0.3) is 0 Å². The lowest BCUT2D eigenvalue weighted by Gasteiger charge is -2.03. The molecule has 0 atom stereocenters. The summed E-state index contributed by atoms with van der Waals surface area (Å²) in [7, 11) is 0. The van der Waals surface area contributed by atoms with Crippen LogP contribution in [0.3, 0.4) is 0 Å². The van der Waals surface area contributed by atoms with E-state index in [0.29, 0.717) is 6.54 Å². The maximum atomic E-state index is 13.0. The normalized spacial score (nSPS) is 10.8. The minimum Gasteiger partial charge on any atom is -0.358 e. The zero-order valence-corrected chi connectivity index (χ0v) is 16.5. The molecule has 0 aliphatic rings. The SMILES string of the molecule is O=C(CCn1cc(Br)c([N+](=O)[O-])n1)Nc1nn(Cc2ccc(F)cc2)cc1Cl. The first-order valence-corrected chi connectivity index (χ1v) is 9.13. The number of nitrogens with one attached hydrogen (secondary N) is 1. The molecule has 0 saturated carbocycles. The first kappa shape index (κ1) is 20.0. The minimum absolute atomic E-state index is 0.0203. The third kappa shape index (κ3) is 4.93. The van der Waals surface area contributed by atoms with Gasteiger partial charge < -0.3 is 15.4 Å². The lowest BCUT2D eigenvalue weighted by Crippen LogP contribution is -2.15. The Morgan fingerprint density at radius 2 is 1.96 bits per heavy atom. The van der Waals surface area contributed by atoms with Crippen molar-refractivity contribution < 1.29 is 14.1 Å². The zero-order valence-electron chi connectivity index (χ0n) is 14.2. The van der Waals surface area contributed by atoms with E-state index in [9.17, 15) is 19.3 Å². The fourth-order valence-electron chi connectivity index (χ4n) is 2.38. The van der Waals surface area contributed by atoms with Crippen LogP contribution in [-0.2, 0) is 17.9 Å². The number of rotatable bonds is 7. The van der Waals surface area contributed by atoms with Crippen LogP contribution in [-0.4, -0.2) is 30.4 Å². The minimum atomic E-state index is -0.617. The predicted octanol–water partition coefficient (Wildman–Crippen LogP) is 3.62. The summed E-state index contributed by atoms with van der Waals surface area (Å²) in [5.41, 5.74) is 0.823. The number of halogens is 3. The van der Waals surface area contributed by atoms with Gasteiger partial charge in [0.05, 0.1) is 24.4 Å². The summed E-state index contributed by atoms with van der Waals surface area (Å²) in [4.78, 5) is 22.3. The fourth-order valence-corrected chi connectivity index (χ4v) is 3.03. The Morgan fingerprint density at radius 3 is 2.61 bits per heavy atom. The highest BCUT2D eigenvalue weighted by Crippen LogP contribution is 2.23. The van der Waals surface area contributed by atoms with Crippen LogP contribution < -0.4 is 5.32 Å². The lowest BCUT2D eigenvalue weighted by molar-refractivity contribution is -0.390. The van der Waals surface area contributed by atoms with Crippen LogP contribution in [0.1, 0.15) is 12.0 Å². The molecule has 0 spiro atoms. The molecule has 146 valence electrons. The van der Waals surface area contributed by atoms with Crippen molar-refractivity contribution in [3.8, 4) is 0 Å². The van der Waals surface area contributed by atoms with Crippen molar-refractivity contribution in [1.29, 1.82) is 0 Å². The second kappa shape index (κ2) is 8.48. The maximum Gasteiger partial charge on any atom is 0.404 e. The highest BCUT2D eigenvalue weighted by molar-refractivity contribution is 9.10. The van der Waals surface area contributed by atoms with Crippen molar-refractivity contribution in [2.45, 2.75) is 19.5 Å². The number of hydrogen-bond acceptors (Lipinski definition) is 5. The Morgan fingerprint density at radius 1 is 1.25 bits per heavy atom. The summed E-state index contributed by atoms with van der Waals surface area (Å²) < 4.78 is 16.0. The highest BCUT2D eigenvalue weighted by atomic mass is 79.9. The van der Waals surface area contributed by atoms with Gasteiger partial charge in [-0.3, -0.25) is 9.48 Å². The van der Waals surface area contributed by atoms with Gasteiger partial charge in [-0.1, -0.05) is 23.7 Å². The smallest absolute Gasteiger partial charge is 0.358 e. The molecule has 1 aromatic carbocycles. The van der Waals surface area contributed by atoms with E-state index in [1.807, 2.05) is 0 Å². The molecule has 3 aromatic rings. The third-order valence-electron chi connectivity index (χ3n) is 3.67. The Hall–Kier alpha value is -2.79. The quantitative estimate of drug-likeness (QED) is 0.418. The second-order valence-corrected chi connectivity index (χ2v) is 7.03. The summed E-state index contributed by atoms with van der Waals surface area (Å²) in [6, 6.07) is 5.96. The van der Waals surface area contributed by atoms with E-state index in [4.69, 9.17) is 11.6 Å². The van der Waals surface area contributed by atoms with Crippen molar-refractivity contribution in [3.05, 3.63) is 67.6 Å². The second-order valence-electron chi connectivity index (χ2n) is 5.77. The number of aryl methyl sites for hydroxylation is 1. The van der Waals surface area contributed by atoms with Gasteiger partial charge in [-0.15, -0.1) is 0 Å². The zero-order chi connectivity index (χ0) is 20.3. The van der Waals surface area contributed by atoms with Gasteiger partial charge in [-0.2, -0.15) is 9.78 Å². The van der Waals surface area contributed by atoms with E-state index in [0.717, 1.165) is 5.56 Å². The third-order valence-corrected chi connectivity index (χ3v) is 4.51. The Labute approximate surface area is 171 Å². The molecule has 0 saturated heterocycles.